The zero-order valence-electron chi connectivity index (χ0n) is 22.1. The van der Waals surface area contributed by atoms with Gasteiger partial charge in [-0.3, -0.25) is 14.6 Å². The standard InChI is InChI=1S/C28H34N6O3S/c1-5-24(35)33-13-11-32(12-14-33)16-20-6-8-21(9-7-20)19(4)29-27-30-22-10-15-38-25(22)26(31-27)34-23(18(2)3)17-37-28(34)36/h5-10,15,18-19,23H,1,11-14,16-17H2,2-4H3,(H,29,30,31)/t19-,23+/m0/s1. The highest BCUT2D eigenvalue weighted by atomic mass is 32.1. The van der Waals surface area contributed by atoms with E-state index in [9.17, 15) is 9.59 Å². The lowest BCUT2D eigenvalue weighted by molar-refractivity contribution is -0.127. The van der Waals surface area contributed by atoms with E-state index in [0.717, 1.165) is 48.5 Å². The Labute approximate surface area is 227 Å². The number of rotatable bonds is 8. The first-order valence-electron chi connectivity index (χ1n) is 13.0. The van der Waals surface area contributed by atoms with E-state index in [1.807, 2.05) is 16.3 Å². The first-order valence-corrected chi connectivity index (χ1v) is 13.9. The molecular formula is C28H34N6O3S. The van der Waals surface area contributed by atoms with Crippen LogP contribution in [0.25, 0.3) is 10.2 Å². The molecule has 2 atom stereocenters. The summed E-state index contributed by atoms with van der Waals surface area (Å²) in [6.07, 6.45) is 1.02. The zero-order chi connectivity index (χ0) is 26.8. The summed E-state index contributed by atoms with van der Waals surface area (Å²) in [5.74, 6) is 1.33. The normalized spacial score (nSPS) is 19.2. The number of hydrogen-bond acceptors (Lipinski definition) is 8. The maximum atomic E-state index is 12.6. The minimum atomic E-state index is -0.361. The lowest BCUT2D eigenvalue weighted by Gasteiger charge is -2.34. The van der Waals surface area contributed by atoms with Gasteiger partial charge < -0.3 is 15.0 Å². The highest BCUT2D eigenvalue weighted by Gasteiger charge is 2.38. The maximum Gasteiger partial charge on any atom is 0.415 e. The first kappa shape index (κ1) is 26.1. The van der Waals surface area contributed by atoms with E-state index in [2.05, 4.69) is 61.8 Å². The van der Waals surface area contributed by atoms with Crippen molar-refractivity contribution < 1.29 is 14.3 Å². The van der Waals surface area contributed by atoms with Crippen LogP contribution in [-0.2, 0) is 16.1 Å². The van der Waals surface area contributed by atoms with Crippen molar-refractivity contribution in [3.63, 3.8) is 0 Å². The number of hydrogen-bond donors (Lipinski definition) is 1. The smallest absolute Gasteiger partial charge is 0.415 e. The summed E-state index contributed by atoms with van der Waals surface area (Å²) in [5.41, 5.74) is 3.16. The van der Waals surface area contributed by atoms with Gasteiger partial charge in [-0.1, -0.05) is 44.7 Å². The molecule has 0 unspecified atom stereocenters. The van der Waals surface area contributed by atoms with Crippen LogP contribution in [-0.4, -0.2) is 70.6 Å². The van der Waals surface area contributed by atoms with Gasteiger partial charge in [-0.05, 0) is 41.5 Å². The number of thiophene rings is 1. The predicted molar refractivity (Wildman–Crippen MR) is 150 cm³/mol. The number of carbonyl (C=O) groups excluding carboxylic acids is 2. The fourth-order valence-corrected chi connectivity index (χ4v) is 5.77. The molecule has 9 nitrogen and oxygen atoms in total. The molecule has 0 saturated carbocycles. The molecule has 2 aliphatic heterocycles. The number of ether oxygens (including phenoxy) is 1. The molecule has 5 rings (SSSR count). The number of fused-ring (bicyclic) bond motifs is 1. The Bertz CT molecular complexity index is 1320. The molecule has 200 valence electrons. The number of amides is 2. The molecule has 38 heavy (non-hydrogen) atoms. The van der Waals surface area contributed by atoms with Crippen molar-refractivity contribution in [3.8, 4) is 0 Å². The van der Waals surface area contributed by atoms with E-state index in [1.165, 1.54) is 23.0 Å². The molecule has 2 amide bonds. The van der Waals surface area contributed by atoms with Crippen LogP contribution in [0.5, 0.6) is 0 Å². The third-order valence-electron chi connectivity index (χ3n) is 7.28. The van der Waals surface area contributed by atoms with E-state index in [1.54, 1.807) is 4.90 Å². The van der Waals surface area contributed by atoms with Crippen LogP contribution in [0.3, 0.4) is 0 Å². The Balaban J connectivity index is 1.27. The van der Waals surface area contributed by atoms with Gasteiger partial charge in [-0.25, -0.2) is 9.78 Å². The Morgan fingerprint density at radius 1 is 1.16 bits per heavy atom. The highest BCUT2D eigenvalue weighted by molar-refractivity contribution is 7.17. The molecule has 0 spiro atoms. The van der Waals surface area contributed by atoms with E-state index >= 15 is 0 Å². The van der Waals surface area contributed by atoms with Gasteiger partial charge in [0.25, 0.3) is 0 Å². The van der Waals surface area contributed by atoms with Crippen molar-refractivity contribution in [3.05, 3.63) is 59.5 Å². The Morgan fingerprint density at radius 2 is 1.89 bits per heavy atom. The molecule has 2 fully saturated rings. The van der Waals surface area contributed by atoms with E-state index in [0.29, 0.717) is 18.4 Å². The largest absolute Gasteiger partial charge is 0.447 e. The highest BCUT2D eigenvalue weighted by Crippen LogP contribution is 2.35. The Hall–Kier alpha value is -3.50. The minimum Gasteiger partial charge on any atom is -0.447 e. The molecule has 0 radical (unpaired) electrons. The number of anilines is 2. The van der Waals surface area contributed by atoms with E-state index < -0.39 is 0 Å². The number of piperazine rings is 1. The van der Waals surface area contributed by atoms with Gasteiger partial charge in [0.05, 0.1) is 22.3 Å². The van der Waals surface area contributed by atoms with E-state index in [-0.39, 0.29) is 30.0 Å². The Morgan fingerprint density at radius 3 is 2.58 bits per heavy atom. The molecule has 1 N–H and O–H groups in total. The van der Waals surface area contributed by atoms with Crippen molar-refractivity contribution in [1.82, 2.24) is 19.8 Å². The SMILES string of the molecule is C=CC(=O)N1CCN(Cc2ccc([C@H](C)Nc3nc(N4C(=O)OC[C@@H]4C(C)C)c4sccc4n3)cc2)CC1. The molecule has 2 saturated heterocycles. The van der Waals surface area contributed by atoms with E-state index in [4.69, 9.17) is 14.7 Å². The molecule has 10 heteroatoms. The fourth-order valence-electron chi connectivity index (χ4n) is 4.95. The average Bonchev–Trinajstić information content (AvgIpc) is 3.55. The summed E-state index contributed by atoms with van der Waals surface area (Å²) in [5, 5.41) is 5.40. The summed E-state index contributed by atoms with van der Waals surface area (Å²) in [4.78, 5) is 39.9. The quantitative estimate of drug-likeness (QED) is 0.420. The van der Waals surface area contributed by atoms with Crippen LogP contribution in [0.1, 0.15) is 37.9 Å². The Kier molecular flexibility index (Phi) is 7.62. The van der Waals surface area contributed by atoms with Crippen molar-refractivity contribution in [2.24, 2.45) is 5.92 Å². The maximum absolute atomic E-state index is 12.6. The lowest BCUT2D eigenvalue weighted by atomic mass is 10.0. The second kappa shape index (κ2) is 11.1. The van der Waals surface area contributed by atoms with Crippen LogP contribution in [0.2, 0.25) is 0 Å². The van der Waals surface area contributed by atoms with Crippen molar-refractivity contribution in [2.45, 2.75) is 39.4 Å². The summed E-state index contributed by atoms with van der Waals surface area (Å²) >= 11 is 1.53. The topological polar surface area (TPSA) is 90.9 Å². The zero-order valence-corrected chi connectivity index (χ0v) is 22.9. The summed E-state index contributed by atoms with van der Waals surface area (Å²) in [7, 11) is 0. The van der Waals surface area contributed by atoms with Crippen LogP contribution in [0, 0.1) is 5.92 Å². The van der Waals surface area contributed by atoms with Gasteiger partial charge >= 0.3 is 6.09 Å². The fraction of sp³-hybridized carbons (Fsp3) is 0.429. The van der Waals surface area contributed by atoms with Gasteiger partial charge in [-0.2, -0.15) is 4.98 Å². The molecular weight excluding hydrogens is 500 g/mol. The van der Waals surface area contributed by atoms with Crippen LogP contribution in [0.15, 0.2) is 48.4 Å². The van der Waals surface area contributed by atoms with Gasteiger partial charge in [0, 0.05) is 32.7 Å². The number of carbonyl (C=O) groups is 2. The molecule has 1 aromatic carbocycles. The average molecular weight is 535 g/mol. The number of nitrogens with zero attached hydrogens (tertiary/aromatic N) is 5. The summed E-state index contributed by atoms with van der Waals surface area (Å²) < 4.78 is 6.26. The van der Waals surface area contributed by atoms with Crippen LogP contribution >= 0.6 is 11.3 Å². The molecule has 4 heterocycles. The second-order valence-corrected chi connectivity index (χ2v) is 11.1. The van der Waals surface area contributed by atoms with Crippen molar-refractivity contribution in [2.75, 3.05) is 43.0 Å². The number of aromatic nitrogens is 2. The van der Waals surface area contributed by atoms with Gasteiger partial charge in [-0.15, -0.1) is 11.3 Å². The molecule has 2 aromatic heterocycles. The number of benzene rings is 1. The first-order chi connectivity index (χ1) is 18.3. The monoisotopic (exact) mass is 534 g/mol. The lowest BCUT2D eigenvalue weighted by Crippen LogP contribution is -2.47. The van der Waals surface area contributed by atoms with Crippen LogP contribution in [0.4, 0.5) is 16.6 Å². The number of nitrogens with one attached hydrogen (secondary N) is 1. The summed E-state index contributed by atoms with van der Waals surface area (Å²) in [6, 6.07) is 10.4. The third kappa shape index (κ3) is 5.37. The predicted octanol–water partition coefficient (Wildman–Crippen LogP) is 4.68. The molecule has 2 aliphatic rings. The third-order valence-corrected chi connectivity index (χ3v) is 8.18. The van der Waals surface area contributed by atoms with Crippen molar-refractivity contribution >= 4 is 45.3 Å². The van der Waals surface area contributed by atoms with Gasteiger partial charge in [0.2, 0.25) is 11.9 Å². The molecule has 0 bridgehead atoms. The minimum absolute atomic E-state index is 0.00448. The van der Waals surface area contributed by atoms with Gasteiger partial charge in [0.15, 0.2) is 5.82 Å². The number of cyclic esters (lactones) is 1. The second-order valence-electron chi connectivity index (χ2n) is 10.2. The van der Waals surface area contributed by atoms with Gasteiger partial charge in [0.1, 0.15) is 6.61 Å². The molecule has 3 aromatic rings. The molecule has 0 aliphatic carbocycles. The van der Waals surface area contributed by atoms with Crippen molar-refractivity contribution in [1.29, 1.82) is 0 Å². The summed E-state index contributed by atoms with van der Waals surface area (Å²) in [6.45, 7) is 14.2. The van der Waals surface area contributed by atoms with Crippen LogP contribution < -0.4 is 10.2 Å².